The predicted octanol–water partition coefficient (Wildman–Crippen LogP) is 1.75. The number of nitrogens with zero attached hydrogens (tertiary/aromatic N) is 3. The van der Waals surface area contributed by atoms with Crippen LogP contribution in [-0.4, -0.2) is 58.2 Å². The van der Waals surface area contributed by atoms with Crippen molar-refractivity contribution < 1.29 is 5.11 Å². The summed E-state index contributed by atoms with van der Waals surface area (Å²) in [6.07, 6.45) is 4.09. The van der Waals surface area contributed by atoms with Gasteiger partial charge >= 0.3 is 0 Å². The third kappa shape index (κ3) is 4.85. The molecular weight excluding hydrogens is 250 g/mol. The molecule has 1 atom stereocenters. The van der Waals surface area contributed by atoms with E-state index in [4.69, 9.17) is 0 Å². The summed E-state index contributed by atoms with van der Waals surface area (Å²) in [7, 11) is 0. The highest BCUT2D eigenvalue weighted by molar-refractivity contribution is 5.03. The van der Waals surface area contributed by atoms with E-state index in [2.05, 4.69) is 28.6 Å². The first kappa shape index (κ1) is 15.4. The Bertz CT molecular complexity index is 377. The van der Waals surface area contributed by atoms with Crippen molar-refractivity contribution in [3.05, 3.63) is 30.1 Å². The fraction of sp³-hybridized carbons (Fsp3) is 0.688. The minimum atomic E-state index is -0.279. The molecule has 1 fully saturated rings. The largest absolute Gasteiger partial charge is 0.390 e. The molecule has 4 nitrogen and oxygen atoms in total. The van der Waals surface area contributed by atoms with Crippen LogP contribution in [0.15, 0.2) is 24.4 Å². The van der Waals surface area contributed by atoms with Gasteiger partial charge in [-0.15, -0.1) is 0 Å². The summed E-state index contributed by atoms with van der Waals surface area (Å²) in [5.74, 6) is 0. The molecule has 0 saturated carbocycles. The van der Waals surface area contributed by atoms with Crippen LogP contribution in [0, 0.1) is 0 Å². The second kappa shape index (κ2) is 7.72. The molecule has 0 aliphatic carbocycles. The van der Waals surface area contributed by atoms with Crippen molar-refractivity contribution in [2.45, 2.75) is 45.4 Å². The van der Waals surface area contributed by atoms with E-state index in [1.54, 1.807) is 0 Å². The highest BCUT2D eigenvalue weighted by Gasteiger charge is 2.19. The Balaban J connectivity index is 1.85. The van der Waals surface area contributed by atoms with Crippen molar-refractivity contribution in [3.8, 4) is 0 Å². The van der Waals surface area contributed by atoms with E-state index in [0.717, 1.165) is 31.9 Å². The number of rotatable bonds is 7. The summed E-state index contributed by atoms with van der Waals surface area (Å²) in [6, 6.07) is 6.40. The second-order valence-electron chi connectivity index (χ2n) is 6.01. The molecule has 2 rings (SSSR count). The van der Waals surface area contributed by atoms with Crippen LogP contribution >= 0.6 is 0 Å². The second-order valence-corrected chi connectivity index (χ2v) is 6.01. The smallest absolute Gasteiger partial charge is 0.0794 e. The molecule has 0 unspecified atom stereocenters. The lowest BCUT2D eigenvalue weighted by Gasteiger charge is -2.30. The highest BCUT2D eigenvalue weighted by Crippen LogP contribution is 2.11. The molecule has 2 heterocycles. The van der Waals surface area contributed by atoms with Gasteiger partial charge in [0.1, 0.15) is 0 Å². The lowest BCUT2D eigenvalue weighted by molar-refractivity contribution is 0.0651. The van der Waals surface area contributed by atoms with Crippen molar-refractivity contribution >= 4 is 0 Å². The summed E-state index contributed by atoms with van der Waals surface area (Å²) in [5.41, 5.74) is 1.06. The fourth-order valence-electron chi connectivity index (χ4n) is 2.75. The number of pyridine rings is 1. The Hall–Kier alpha value is -0.970. The van der Waals surface area contributed by atoms with Gasteiger partial charge in [-0.25, -0.2) is 0 Å². The molecule has 4 heteroatoms. The van der Waals surface area contributed by atoms with Crippen molar-refractivity contribution in [1.29, 1.82) is 0 Å². The van der Waals surface area contributed by atoms with E-state index < -0.39 is 0 Å². The average Bonchev–Trinajstić information content (AvgIpc) is 2.92. The molecule has 112 valence electrons. The Morgan fingerprint density at radius 2 is 2.05 bits per heavy atom. The third-order valence-corrected chi connectivity index (χ3v) is 3.93. The lowest BCUT2D eigenvalue weighted by atomic mass is 10.2. The van der Waals surface area contributed by atoms with Crippen LogP contribution < -0.4 is 0 Å². The van der Waals surface area contributed by atoms with Gasteiger partial charge in [-0.1, -0.05) is 6.07 Å². The summed E-state index contributed by atoms with van der Waals surface area (Å²) < 4.78 is 0. The van der Waals surface area contributed by atoms with Gasteiger partial charge in [0.25, 0.3) is 0 Å². The van der Waals surface area contributed by atoms with Crippen LogP contribution in [0.2, 0.25) is 0 Å². The van der Waals surface area contributed by atoms with Crippen molar-refractivity contribution in [2.24, 2.45) is 0 Å². The molecule has 0 amide bonds. The van der Waals surface area contributed by atoms with Crippen LogP contribution in [0.5, 0.6) is 0 Å². The molecule has 1 aliphatic rings. The van der Waals surface area contributed by atoms with Crippen LogP contribution in [0.4, 0.5) is 0 Å². The molecule has 0 spiro atoms. The number of hydrogen-bond donors (Lipinski definition) is 1. The molecule has 0 aromatic carbocycles. The van der Waals surface area contributed by atoms with E-state index in [-0.39, 0.29) is 6.10 Å². The lowest BCUT2D eigenvalue weighted by Crippen LogP contribution is -2.42. The summed E-state index contributed by atoms with van der Waals surface area (Å²) in [5, 5.41) is 10.3. The maximum Gasteiger partial charge on any atom is 0.0794 e. The van der Waals surface area contributed by atoms with Gasteiger partial charge in [0.15, 0.2) is 0 Å². The minimum Gasteiger partial charge on any atom is -0.390 e. The van der Waals surface area contributed by atoms with Crippen LogP contribution in [0.1, 0.15) is 32.4 Å². The zero-order chi connectivity index (χ0) is 14.4. The fourth-order valence-corrected chi connectivity index (χ4v) is 2.75. The molecule has 20 heavy (non-hydrogen) atoms. The number of hydrogen-bond acceptors (Lipinski definition) is 4. The molecule has 1 aromatic heterocycles. The monoisotopic (exact) mass is 277 g/mol. The topological polar surface area (TPSA) is 39.6 Å². The van der Waals surface area contributed by atoms with Crippen LogP contribution in [0.3, 0.4) is 0 Å². The molecule has 1 aromatic rings. The zero-order valence-electron chi connectivity index (χ0n) is 12.7. The number of aliphatic hydroxyl groups is 1. The van der Waals surface area contributed by atoms with Gasteiger partial charge < -0.3 is 10.0 Å². The minimum absolute atomic E-state index is 0.279. The summed E-state index contributed by atoms with van der Waals surface area (Å²) in [4.78, 5) is 9.04. The maximum atomic E-state index is 10.3. The highest BCUT2D eigenvalue weighted by atomic mass is 16.3. The predicted molar refractivity (Wildman–Crippen MR) is 81.5 cm³/mol. The molecule has 1 aliphatic heterocycles. The third-order valence-electron chi connectivity index (χ3n) is 3.93. The SMILES string of the molecule is CC(C)N(Cc1ccccn1)C[C@@H](O)CN1CCCC1. The molecule has 0 bridgehead atoms. The first-order valence-corrected chi connectivity index (χ1v) is 7.69. The van der Waals surface area contributed by atoms with E-state index in [1.165, 1.54) is 12.8 Å². The van der Waals surface area contributed by atoms with Crippen LogP contribution in [-0.2, 0) is 6.54 Å². The van der Waals surface area contributed by atoms with Crippen molar-refractivity contribution in [2.75, 3.05) is 26.2 Å². The number of β-amino-alcohol motifs (C(OH)–C–C–N with tert-alkyl or cyclic N) is 1. The first-order chi connectivity index (χ1) is 9.65. The Morgan fingerprint density at radius 3 is 2.65 bits per heavy atom. The average molecular weight is 277 g/mol. The number of aromatic nitrogens is 1. The van der Waals surface area contributed by atoms with Gasteiger partial charge in [0.2, 0.25) is 0 Å². The van der Waals surface area contributed by atoms with Crippen molar-refractivity contribution in [1.82, 2.24) is 14.8 Å². The maximum absolute atomic E-state index is 10.3. The molecule has 1 saturated heterocycles. The van der Waals surface area contributed by atoms with Gasteiger partial charge in [-0.05, 0) is 51.9 Å². The Labute approximate surface area is 122 Å². The quantitative estimate of drug-likeness (QED) is 0.824. The van der Waals surface area contributed by atoms with Gasteiger partial charge in [0.05, 0.1) is 11.8 Å². The van der Waals surface area contributed by atoms with Gasteiger partial charge in [-0.3, -0.25) is 9.88 Å². The molecule has 0 radical (unpaired) electrons. The Morgan fingerprint density at radius 1 is 1.30 bits per heavy atom. The number of aliphatic hydroxyl groups excluding tert-OH is 1. The zero-order valence-corrected chi connectivity index (χ0v) is 12.7. The van der Waals surface area contributed by atoms with E-state index in [9.17, 15) is 5.11 Å². The standard InChI is InChI=1S/C16H27N3O/c1-14(2)19(11-15-7-3-4-8-17-15)13-16(20)12-18-9-5-6-10-18/h3-4,7-8,14,16,20H,5-6,9-13H2,1-2H3/t16-/m0/s1. The summed E-state index contributed by atoms with van der Waals surface area (Å²) in [6.45, 7) is 8.93. The number of likely N-dealkylation sites (tertiary alicyclic amines) is 1. The van der Waals surface area contributed by atoms with E-state index >= 15 is 0 Å². The normalized spacial score (nSPS) is 18.1. The first-order valence-electron chi connectivity index (χ1n) is 7.69. The molecular formula is C16H27N3O. The van der Waals surface area contributed by atoms with Crippen molar-refractivity contribution in [3.63, 3.8) is 0 Å². The van der Waals surface area contributed by atoms with E-state index in [0.29, 0.717) is 12.6 Å². The Kier molecular flexibility index (Phi) is 5.95. The molecule has 1 N–H and O–H groups in total. The van der Waals surface area contributed by atoms with Gasteiger partial charge in [-0.2, -0.15) is 0 Å². The van der Waals surface area contributed by atoms with Crippen LogP contribution in [0.25, 0.3) is 0 Å². The summed E-state index contributed by atoms with van der Waals surface area (Å²) >= 11 is 0. The van der Waals surface area contributed by atoms with Gasteiger partial charge in [0, 0.05) is 31.9 Å². The van der Waals surface area contributed by atoms with E-state index in [1.807, 2.05) is 24.4 Å².